The summed E-state index contributed by atoms with van der Waals surface area (Å²) in [4.78, 5) is 18.3. The summed E-state index contributed by atoms with van der Waals surface area (Å²) in [6.07, 6.45) is 1.92. The molecule has 5 nitrogen and oxygen atoms in total. The monoisotopic (exact) mass is 254 g/mol. The average molecular weight is 254 g/mol. The van der Waals surface area contributed by atoms with Crippen LogP contribution in [0.15, 0.2) is 0 Å². The lowest BCUT2D eigenvalue weighted by molar-refractivity contribution is -0.121. The third-order valence-corrected chi connectivity index (χ3v) is 3.55. The molecule has 6 heteroatoms. The van der Waals surface area contributed by atoms with Crippen LogP contribution in [0.3, 0.4) is 0 Å². The molecule has 1 aliphatic rings. The smallest absolute Gasteiger partial charge is 0.245 e. The van der Waals surface area contributed by atoms with Crippen molar-refractivity contribution in [1.29, 1.82) is 0 Å². The molecule has 1 saturated heterocycles. The van der Waals surface area contributed by atoms with Crippen molar-refractivity contribution in [3.8, 4) is 0 Å². The van der Waals surface area contributed by atoms with Crippen LogP contribution in [0.5, 0.6) is 0 Å². The quantitative estimate of drug-likeness (QED) is 0.884. The molecule has 0 aromatic carbocycles. The van der Waals surface area contributed by atoms with E-state index >= 15 is 0 Å². The van der Waals surface area contributed by atoms with Gasteiger partial charge in [-0.1, -0.05) is 13.8 Å². The minimum absolute atomic E-state index is 0.0760. The topological polar surface area (TPSA) is 58.1 Å². The molecule has 1 aliphatic heterocycles. The van der Waals surface area contributed by atoms with Gasteiger partial charge in [0.2, 0.25) is 11.0 Å². The third kappa shape index (κ3) is 2.81. The van der Waals surface area contributed by atoms with Crippen molar-refractivity contribution in [2.45, 2.75) is 45.7 Å². The van der Waals surface area contributed by atoms with Gasteiger partial charge < -0.3 is 5.32 Å². The van der Waals surface area contributed by atoms with Crippen LogP contribution < -0.4 is 10.2 Å². The van der Waals surface area contributed by atoms with E-state index in [1.54, 1.807) is 4.90 Å². The normalized spacial score (nSPS) is 21.3. The van der Waals surface area contributed by atoms with Gasteiger partial charge in [0.1, 0.15) is 5.82 Å². The Morgan fingerprint density at radius 1 is 1.53 bits per heavy atom. The van der Waals surface area contributed by atoms with E-state index in [1.807, 2.05) is 6.92 Å². The molecule has 1 fully saturated rings. The number of nitrogens with zero attached hydrogens (tertiary/aromatic N) is 3. The average Bonchev–Trinajstić information content (AvgIpc) is 2.67. The third-order valence-electron chi connectivity index (χ3n) is 2.72. The Kier molecular flexibility index (Phi) is 3.73. The Bertz CT molecular complexity index is 404. The van der Waals surface area contributed by atoms with Gasteiger partial charge in [-0.05, 0) is 19.8 Å². The van der Waals surface area contributed by atoms with E-state index in [0.29, 0.717) is 6.04 Å². The number of hydrogen-bond donors (Lipinski definition) is 1. The molecule has 94 valence electrons. The lowest BCUT2D eigenvalue weighted by atomic mass is 10.0. The van der Waals surface area contributed by atoms with Crippen molar-refractivity contribution in [2.24, 2.45) is 0 Å². The SMILES string of the molecule is Cc1nsc(N2CCCC(NC(C)C)C2=O)n1. The number of nitrogens with one attached hydrogen (secondary N) is 1. The number of aryl methyl sites for hydroxylation is 1. The lowest BCUT2D eigenvalue weighted by Gasteiger charge is -2.31. The largest absolute Gasteiger partial charge is 0.304 e. The summed E-state index contributed by atoms with van der Waals surface area (Å²) in [6, 6.07) is 0.244. The number of amides is 1. The highest BCUT2D eigenvalue weighted by atomic mass is 32.1. The maximum absolute atomic E-state index is 12.3. The van der Waals surface area contributed by atoms with Crippen molar-refractivity contribution in [2.75, 3.05) is 11.4 Å². The zero-order chi connectivity index (χ0) is 12.4. The van der Waals surface area contributed by atoms with E-state index in [1.165, 1.54) is 11.5 Å². The molecular weight excluding hydrogens is 236 g/mol. The van der Waals surface area contributed by atoms with Gasteiger partial charge in [-0.15, -0.1) is 0 Å². The van der Waals surface area contributed by atoms with Crippen molar-refractivity contribution in [1.82, 2.24) is 14.7 Å². The number of hydrogen-bond acceptors (Lipinski definition) is 5. The summed E-state index contributed by atoms with van der Waals surface area (Å²) in [5.41, 5.74) is 0. The summed E-state index contributed by atoms with van der Waals surface area (Å²) >= 11 is 1.30. The maximum Gasteiger partial charge on any atom is 0.245 e. The number of aromatic nitrogens is 2. The molecule has 1 unspecified atom stereocenters. The van der Waals surface area contributed by atoms with Crippen molar-refractivity contribution in [3.05, 3.63) is 5.82 Å². The molecule has 17 heavy (non-hydrogen) atoms. The van der Waals surface area contributed by atoms with Gasteiger partial charge >= 0.3 is 0 Å². The summed E-state index contributed by atoms with van der Waals surface area (Å²) < 4.78 is 4.13. The standard InChI is InChI=1S/C11H18N4OS/c1-7(2)12-9-5-4-6-15(10(9)16)11-13-8(3)14-17-11/h7,9,12H,4-6H2,1-3H3. The molecule has 1 aromatic rings. The van der Waals surface area contributed by atoms with Crippen molar-refractivity contribution >= 4 is 22.6 Å². The summed E-state index contributed by atoms with van der Waals surface area (Å²) in [5.74, 6) is 0.859. The van der Waals surface area contributed by atoms with Gasteiger partial charge in [0, 0.05) is 24.1 Å². The molecule has 0 spiro atoms. The van der Waals surface area contributed by atoms with Gasteiger partial charge in [-0.3, -0.25) is 9.69 Å². The van der Waals surface area contributed by atoms with E-state index < -0.39 is 0 Å². The summed E-state index contributed by atoms with van der Waals surface area (Å²) in [5, 5.41) is 4.03. The molecule has 0 radical (unpaired) electrons. The first kappa shape index (κ1) is 12.4. The minimum Gasteiger partial charge on any atom is -0.304 e. The van der Waals surface area contributed by atoms with E-state index in [0.717, 1.165) is 30.3 Å². The summed E-state index contributed by atoms with van der Waals surface area (Å²) in [6.45, 7) is 6.71. The Hall–Kier alpha value is -1.01. The van der Waals surface area contributed by atoms with Crippen LogP contribution in [0.1, 0.15) is 32.5 Å². The number of anilines is 1. The van der Waals surface area contributed by atoms with Gasteiger partial charge in [-0.25, -0.2) is 4.98 Å². The minimum atomic E-state index is -0.0760. The zero-order valence-electron chi connectivity index (χ0n) is 10.4. The Balaban J connectivity index is 2.11. The number of piperidine rings is 1. The van der Waals surface area contributed by atoms with E-state index in [9.17, 15) is 4.79 Å². The molecule has 0 saturated carbocycles. The lowest BCUT2D eigenvalue weighted by Crippen LogP contribution is -2.52. The van der Waals surface area contributed by atoms with E-state index in [4.69, 9.17) is 0 Å². The highest BCUT2D eigenvalue weighted by molar-refractivity contribution is 7.09. The van der Waals surface area contributed by atoms with Crippen LogP contribution >= 0.6 is 11.5 Å². The van der Waals surface area contributed by atoms with E-state index in [2.05, 4.69) is 28.5 Å². The van der Waals surface area contributed by atoms with Gasteiger partial charge in [0.25, 0.3) is 0 Å². The molecule has 2 rings (SSSR count). The highest BCUT2D eigenvalue weighted by Gasteiger charge is 2.31. The second-order valence-electron chi connectivity index (χ2n) is 4.63. The number of rotatable bonds is 3. The number of carbonyl (C=O) groups excluding carboxylic acids is 1. The molecular formula is C11H18N4OS. The highest BCUT2D eigenvalue weighted by Crippen LogP contribution is 2.22. The molecule has 0 bridgehead atoms. The van der Waals surface area contributed by atoms with Crippen LogP contribution in [-0.4, -0.2) is 33.9 Å². The second kappa shape index (κ2) is 5.10. The first-order chi connectivity index (χ1) is 8.08. The van der Waals surface area contributed by atoms with Gasteiger partial charge in [0.05, 0.1) is 6.04 Å². The van der Waals surface area contributed by atoms with Crippen LogP contribution in [-0.2, 0) is 4.79 Å². The van der Waals surface area contributed by atoms with Crippen molar-refractivity contribution in [3.63, 3.8) is 0 Å². The first-order valence-corrected chi connectivity index (χ1v) is 6.73. The first-order valence-electron chi connectivity index (χ1n) is 5.95. The van der Waals surface area contributed by atoms with Crippen LogP contribution in [0.25, 0.3) is 0 Å². The van der Waals surface area contributed by atoms with Crippen molar-refractivity contribution < 1.29 is 4.79 Å². The van der Waals surface area contributed by atoms with Gasteiger partial charge in [-0.2, -0.15) is 4.37 Å². The fraction of sp³-hybridized carbons (Fsp3) is 0.727. The predicted molar refractivity (Wildman–Crippen MR) is 68.3 cm³/mol. The van der Waals surface area contributed by atoms with Crippen LogP contribution in [0.2, 0.25) is 0 Å². The molecule has 1 aromatic heterocycles. The fourth-order valence-electron chi connectivity index (χ4n) is 2.02. The molecule has 2 heterocycles. The Morgan fingerprint density at radius 3 is 2.88 bits per heavy atom. The summed E-state index contributed by atoms with van der Waals surface area (Å²) in [7, 11) is 0. The Morgan fingerprint density at radius 2 is 2.29 bits per heavy atom. The molecule has 1 amide bonds. The zero-order valence-corrected chi connectivity index (χ0v) is 11.3. The fourth-order valence-corrected chi connectivity index (χ4v) is 2.73. The molecule has 1 N–H and O–H groups in total. The maximum atomic E-state index is 12.3. The number of carbonyl (C=O) groups is 1. The predicted octanol–water partition coefficient (Wildman–Crippen LogP) is 1.34. The molecule has 0 aliphatic carbocycles. The van der Waals surface area contributed by atoms with Crippen LogP contribution in [0.4, 0.5) is 5.13 Å². The van der Waals surface area contributed by atoms with E-state index in [-0.39, 0.29) is 11.9 Å². The molecule has 1 atom stereocenters. The van der Waals surface area contributed by atoms with Gasteiger partial charge in [0.15, 0.2) is 0 Å². The van der Waals surface area contributed by atoms with Crippen LogP contribution in [0, 0.1) is 6.92 Å². The second-order valence-corrected chi connectivity index (χ2v) is 5.36. The Labute approximate surface area is 105 Å².